The van der Waals surface area contributed by atoms with Crippen LogP contribution in [-0.2, 0) is 0 Å². The lowest BCUT2D eigenvalue weighted by Crippen LogP contribution is -1.97. The van der Waals surface area contributed by atoms with Gasteiger partial charge in [0.05, 0.1) is 6.20 Å². The van der Waals surface area contributed by atoms with Gasteiger partial charge in [-0.3, -0.25) is 0 Å². The first-order chi connectivity index (χ1) is 15.3. The van der Waals surface area contributed by atoms with Crippen molar-refractivity contribution in [3.05, 3.63) is 97.3 Å². The molecule has 6 nitrogen and oxygen atoms in total. The second-order valence-electron chi connectivity index (χ2n) is 7.03. The normalized spacial score (nSPS) is 10.7. The molecule has 0 fully saturated rings. The van der Waals surface area contributed by atoms with Crippen LogP contribution >= 0.6 is 0 Å². The lowest BCUT2D eigenvalue weighted by atomic mass is 10.1. The molecule has 2 aromatic heterocycles. The molecule has 152 valence electrons. The average molecular weight is 407 g/mol. The molecule has 2 heterocycles. The summed E-state index contributed by atoms with van der Waals surface area (Å²) >= 11 is 0. The fourth-order valence-corrected chi connectivity index (χ4v) is 3.34. The van der Waals surface area contributed by atoms with Crippen molar-refractivity contribution in [3.63, 3.8) is 0 Å². The average Bonchev–Trinajstić information content (AvgIpc) is 3.24. The molecular formula is C25H21N5O. The lowest BCUT2D eigenvalue weighted by Gasteiger charge is -2.09. The van der Waals surface area contributed by atoms with Gasteiger partial charge in [0.2, 0.25) is 0 Å². The van der Waals surface area contributed by atoms with Gasteiger partial charge in [-0.05, 0) is 60.2 Å². The van der Waals surface area contributed by atoms with Gasteiger partial charge in [0.1, 0.15) is 17.3 Å². The van der Waals surface area contributed by atoms with Crippen LogP contribution in [-0.4, -0.2) is 21.6 Å². The van der Waals surface area contributed by atoms with Crippen LogP contribution in [0, 0.1) is 0 Å². The summed E-state index contributed by atoms with van der Waals surface area (Å²) in [6.45, 7) is 0. The molecular weight excluding hydrogens is 386 g/mol. The largest absolute Gasteiger partial charge is 0.457 e. The quantitative estimate of drug-likeness (QED) is 0.363. The van der Waals surface area contributed by atoms with E-state index >= 15 is 0 Å². The molecule has 0 aliphatic heterocycles. The molecule has 31 heavy (non-hydrogen) atoms. The van der Waals surface area contributed by atoms with Crippen molar-refractivity contribution in [2.24, 2.45) is 0 Å². The summed E-state index contributed by atoms with van der Waals surface area (Å²) in [7, 11) is 1.91. The number of anilines is 3. The number of benzene rings is 3. The Balaban J connectivity index is 1.36. The maximum absolute atomic E-state index is 5.85. The number of ether oxygens (including phenoxy) is 1. The van der Waals surface area contributed by atoms with E-state index in [1.54, 1.807) is 4.52 Å². The first-order valence-corrected chi connectivity index (χ1v) is 10.0. The highest BCUT2D eigenvalue weighted by Gasteiger charge is 2.09. The second-order valence-corrected chi connectivity index (χ2v) is 7.03. The molecule has 0 saturated carbocycles. The monoisotopic (exact) mass is 407 g/mol. The van der Waals surface area contributed by atoms with E-state index in [4.69, 9.17) is 9.72 Å². The molecule has 2 N–H and O–H groups in total. The SMILES string of the molecule is CNc1ccc(-c2cnn3ccc(Nc4ccc(Oc5ccccc5)cc4)nc23)cc1. The summed E-state index contributed by atoms with van der Waals surface area (Å²) in [6, 6.07) is 27.7. The van der Waals surface area contributed by atoms with Crippen molar-refractivity contribution in [2.75, 3.05) is 17.7 Å². The van der Waals surface area contributed by atoms with E-state index in [0.29, 0.717) is 0 Å². The minimum atomic E-state index is 0.748. The zero-order valence-corrected chi connectivity index (χ0v) is 17.0. The minimum Gasteiger partial charge on any atom is -0.457 e. The first-order valence-electron chi connectivity index (χ1n) is 10.0. The summed E-state index contributed by atoms with van der Waals surface area (Å²) in [5, 5.41) is 10.9. The molecule has 0 amide bonds. The van der Waals surface area contributed by atoms with Crippen LogP contribution < -0.4 is 15.4 Å². The summed E-state index contributed by atoms with van der Waals surface area (Å²) in [5.41, 5.74) is 4.84. The maximum Gasteiger partial charge on any atom is 0.165 e. The number of aromatic nitrogens is 3. The topological polar surface area (TPSA) is 63.5 Å². The van der Waals surface area contributed by atoms with E-state index in [-0.39, 0.29) is 0 Å². The highest BCUT2D eigenvalue weighted by atomic mass is 16.5. The number of nitrogens with one attached hydrogen (secondary N) is 2. The number of fused-ring (bicyclic) bond motifs is 1. The number of rotatable bonds is 6. The molecule has 6 heteroatoms. The molecule has 5 rings (SSSR count). The third kappa shape index (κ3) is 4.04. The van der Waals surface area contributed by atoms with Gasteiger partial charge < -0.3 is 15.4 Å². The van der Waals surface area contributed by atoms with Crippen LogP contribution in [0.1, 0.15) is 0 Å². The zero-order chi connectivity index (χ0) is 21.0. The Kier molecular flexibility index (Phi) is 4.94. The van der Waals surface area contributed by atoms with Crippen molar-refractivity contribution >= 4 is 22.8 Å². The van der Waals surface area contributed by atoms with Crippen molar-refractivity contribution in [1.82, 2.24) is 14.6 Å². The fraction of sp³-hybridized carbons (Fsp3) is 0.0400. The van der Waals surface area contributed by atoms with Crippen molar-refractivity contribution in [3.8, 4) is 22.6 Å². The molecule has 0 unspecified atom stereocenters. The lowest BCUT2D eigenvalue weighted by molar-refractivity contribution is 0.483. The Morgan fingerprint density at radius 3 is 2.23 bits per heavy atom. The number of hydrogen-bond acceptors (Lipinski definition) is 5. The van der Waals surface area contributed by atoms with E-state index in [1.807, 2.05) is 92.2 Å². The third-order valence-corrected chi connectivity index (χ3v) is 4.96. The molecule has 0 atom stereocenters. The zero-order valence-electron chi connectivity index (χ0n) is 17.0. The van der Waals surface area contributed by atoms with Gasteiger partial charge in [-0.25, -0.2) is 9.50 Å². The van der Waals surface area contributed by atoms with Gasteiger partial charge in [0.25, 0.3) is 0 Å². The van der Waals surface area contributed by atoms with Gasteiger partial charge >= 0.3 is 0 Å². The van der Waals surface area contributed by atoms with Crippen LogP contribution in [0.2, 0.25) is 0 Å². The number of nitrogens with zero attached hydrogens (tertiary/aromatic N) is 3. The molecule has 0 spiro atoms. The standard InChI is InChI=1S/C25H21N5O/c1-26-19-9-7-18(8-10-19)23-17-27-30-16-15-24(29-25(23)30)28-20-11-13-22(14-12-20)31-21-5-3-2-4-6-21/h2-17,26H,1H3,(H,28,29). The van der Waals surface area contributed by atoms with E-state index in [0.717, 1.165) is 45.5 Å². The first kappa shape index (κ1) is 18.7. The Morgan fingerprint density at radius 2 is 1.48 bits per heavy atom. The van der Waals surface area contributed by atoms with Crippen LogP contribution in [0.25, 0.3) is 16.8 Å². The van der Waals surface area contributed by atoms with Gasteiger partial charge in [0, 0.05) is 30.2 Å². The summed E-state index contributed by atoms with van der Waals surface area (Å²) in [5.74, 6) is 2.34. The van der Waals surface area contributed by atoms with E-state index in [1.165, 1.54) is 0 Å². The molecule has 5 aromatic rings. The highest BCUT2D eigenvalue weighted by Crippen LogP contribution is 2.27. The fourth-order valence-electron chi connectivity index (χ4n) is 3.34. The van der Waals surface area contributed by atoms with Crippen molar-refractivity contribution in [2.45, 2.75) is 0 Å². The third-order valence-electron chi connectivity index (χ3n) is 4.96. The second kappa shape index (κ2) is 8.20. The van der Waals surface area contributed by atoms with E-state index in [9.17, 15) is 0 Å². The molecule has 0 bridgehead atoms. The van der Waals surface area contributed by atoms with Gasteiger partial charge in [-0.15, -0.1) is 0 Å². The summed E-state index contributed by atoms with van der Waals surface area (Å²) in [4.78, 5) is 4.78. The molecule has 0 aliphatic carbocycles. The van der Waals surface area contributed by atoms with Crippen molar-refractivity contribution in [1.29, 1.82) is 0 Å². The highest BCUT2D eigenvalue weighted by molar-refractivity contribution is 5.79. The van der Waals surface area contributed by atoms with Crippen molar-refractivity contribution < 1.29 is 4.74 Å². The van der Waals surface area contributed by atoms with Crippen LogP contribution in [0.15, 0.2) is 97.3 Å². The summed E-state index contributed by atoms with van der Waals surface area (Å²) < 4.78 is 7.63. The maximum atomic E-state index is 5.85. The Hall–Kier alpha value is -4.32. The Labute approximate surface area is 180 Å². The van der Waals surface area contributed by atoms with E-state index in [2.05, 4.69) is 27.9 Å². The van der Waals surface area contributed by atoms with Crippen LogP contribution in [0.3, 0.4) is 0 Å². The molecule has 0 radical (unpaired) electrons. The summed E-state index contributed by atoms with van der Waals surface area (Å²) in [6.07, 6.45) is 3.75. The van der Waals surface area contributed by atoms with Crippen LogP contribution in [0.5, 0.6) is 11.5 Å². The molecule has 3 aromatic carbocycles. The predicted molar refractivity (Wildman–Crippen MR) is 124 cm³/mol. The van der Waals surface area contributed by atoms with Gasteiger partial charge in [-0.1, -0.05) is 30.3 Å². The smallest absolute Gasteiger partial charge is 0.165 e. The molecule has 0 saturated heterocycles. The number of hydrogen-bond donors (Lipinski definition) is 2. The predicted octanol–water partition coefficient (Wildman–Crippen LogP) is 5.97. The Morgan fingerprint density at radius 1 is 0.774 bits per heavy atom. The Bertz CT molecular complexity index is 1300. The number of para-hydroxylation sites is 1. The van der Waals surface area contributed by atoms with Crippen LogP contribution in [0.4, 0.5) is 17.2 Å². The van der Waals surface area contributed by atoms with E-state index < -0.39 is 0 Å². The van der Waals surface area contributed by atoms with Gasteiger partial charge in [0.15, 0.2) is 5.65 Å². The minimum absolute atomic E-state index is 0.748. The van der Waals surface area contributed by atoms with Gasteiger partial charge in [-0.2, -0.15) is 5.10 Å². The molecule has 0 aliphatic rings.